The van der Waals surface area contributed by atoms with Crippen molar-refractivity contribution in [3.05, 3.63) is 64.1 Å². The molecule has 0 aliphatic rings. The average Bonchev–Trinajstić information content (AvgIpc) is 3.04. The normalized spacial score (nSPS) is 11.7. The fourth-order valence-electron chi connectivity index (χ4n) is 2.10. The number of benzene rings is 1. The van der Waals surface area contributed by atoms with Gasteiger partial charge in [-0.1, -0.05) is 0 Å². The van der Waals surface area contributed by atoms with Crippen molar-refractivity contribution in [2.24, 2.45) is 11.5 Å². The predicted molar refractivity (Wildman–Crippen MR) is 102 cm³/mol. The molecule has 2 aromatic rings. The molecule has 0 bridgehead atoms. The van der Waals surface area contributed by atoms with Gasteiger partial charge < -0.3 is 21.1 Å². The molecule has 1 aromatic heterocycles. The molecule has 4 N–H and O–H groups in total. The second kappa shape index (κ2) is 8.69. The maximum atomic E-state index is 11.1. The van der Waals surface area contributed by atoms with Crippen LogP contribution in [-0.4, -0.2) is 24.9 Å². The summed E-state index contributed by atoms with van der Waals surface area (Å²) in [5, 5.41) is 9.61. The molecule has 134 valence electrons. The molecule has 1 heterocycles. The summed E-state index contributed by atoms with van der Waals surface area (Å²) < 4.78 is 4.88. The molecule has 0 unspecified atom stereocenters. The van der Waals surface area contributed by atoms with Crippen LogP contribution in [0.3, 0.4) is 0 Å². The lowest BCUT2D eigenvalue weighted by molar-refractivity contribution is 0.111. The second-order valence-corrected chi connectivity index (χ2v) is 6.50. The Balaban J connectivity index is 2.40. The number of aromatic nitrogens is 1. The van der Waals surface area contributed by atoms with E-state index in [0.717, 1.165) is 16.9 Å². The fraction of sp³-hybridized carbons (Fsp3) is 0.167. The fourth-order valence-corrected chi connectivity index (χ4v) is 2.99. The maximum Gasteiger partial charge on any atom is 0.191 e. The number of allylic oxidation sites excluding steroid dienone is 2. The first kappa shape index (κ1) is 19.0. The Kier molecular flexibility index (Phi) is 6.36. The summed E-state index contributed by atoms with van der Waals surface area (Å²) >= 11 is 1.39. The van der Waals surface area contributed by atoms with Crippen LogP contribution in [0.2, 0.25) is 0 Å². The quantitative estimate of drug-likeness (QED) is 0.437. The van der Waals surface area contributed by atoms with Crippen molar-refractivity contribution in [3.63, 3.8) is 0 Å². The number of nitrogens with zero attached hydrogens (tertiary/aromatic N) is 3. The standard InChI is InChI=1S/C18H19N5O2S/c1-12-16(11-24)22-18(26-12)23(10-14(20)5-8-17(21)25-2)15-6-3-13(9-19)4-7-15/h3-8,11H,10,20-21H2,1-2H3/b14-5-,17-8+. The van der Waals surface area contributed by atoms with Crippen LogP contribution < -0.4 is 16.4 Å². The van der Waals surface area contributed by atoms with Crippen molar-refractivity contribution in [2.45, 2.75) is 6.92 Å². The van der Waals surface area contributed by atoms with Gasteiger partial charge in [0, 0.05) is 16.3 Å². The Bertz CT molecular complexity index is 878. The third-order valence-corrected chi connectivity index (χ3v) is 4.52. The number of aldehydes is 1. The zero-order chi connectivity index (χ0) is 19.1. The molecule has 0 aliphatic carbocycles. The van der Waals surface area contributed by atoms with E-state index in [9.17, 15) is 4.79 Å². The van der Waals surface area contributed by atoms with Gasteiger partial charge in [0.05, 0.1) is 25.3 Å². The maximum absolute atomic E-state index is 11.1. The molecular weight excluding hydrogens is 350 g/mol. The van der Waals surface area contributed by atoms with Crippen LogP contribution in [0.15, 0.2) is 48.0 Å². The first-order valence-corrected chi connectivity index (χ1v) is 8.46. The third-order valence-electron chi connectivity index (χ3n) is 3.51. The highest BCUT2D eigenvalue weighted by molar-refractivity contribution is 7.15. The van der Waals surface area contributed by atoms with Crippen LogP contribution >= 0.6 is 11.3 Å². The third kappa shape index (κ3) is 4.62. The molecule has 0 fully saturated rings. The number of hydrogen-bond acceptors (Lipinski definition) is 8. The zero-order valence-electron chi connectivity index (χ0n) is 14.5. The van der Waals surface area contributed by atoms with E-state index in [2.05, 4.69) is 11.1 Å². The SMILES string of the molecule is CO/C(N)=C/C=C(\N)CN(c1ccc(C#N)cc1)c1nc(C=O)c(C)s1. The number of nitrogens with two attached hydrogens (primary N) is 2. The zero-order valence-corrected chi connectivity index (χ0v) is 15.3. The van der Waals surface area contributed by atoms with E-state index >= 15 is 0 Å². The molecule has 1 aromatic carbocycles. The number of methoxy groups -OCH3 is 1. The predicted octanol–water partition coefficient (Wildman–Crippen LogP) is 2.56. The number of anilines is 2. The molecule has 26 heavy (non-hydrogen) atoms. The number of thiazole rings is 1. The van der Waals surface area contributed by atoms with E-state index in [1.54, 1.807) is 24.3 Å². The number of ether oxygens (including phenoxy) is 1. The Morgan fingerprint density at radius 2 is 2.04 bits per heavy atom. The van der Waals surface area contributed by atoms with Gasteiger partial charge in [-0.15, -0.1) is 11.3 Å². The molecule has 0 saturated heterocycles. The first-order chi connectivity index (χ1) is 12.5. The van der Waals surface area contributed by atoms with Gasteiger partial charge in [-0.3, -0.25) is 4.79 Å². The van der Waals surface area contributed by atoms with Crippen molar-refractivity contribution >= 4 is 28.4 Å². The lowest BCUT2D eigenvalue weighted by Gasteiger charge is -2.22. The van der Waals surface area contributed by atoms with Gasteiger partial charge in [0.2, 0.25) is 0 Å². The largest absolute Gasteiger partial charge is 0.483 e. The van der Waals surface area contributed by atoms with Gasteiger partial charge in [0.1, 0.15) is 5.69 Å². The summed E-state index contributed by atoms with van der Waals surface area (Å²) in [6, 6.07) is 9.13. The number of nitriles is 1. The number of aryl methyl sites for hydroxylation is 1. The molecule has 0 spiro atoms. The average molecular weight is 369 g/mol. The number of hydrogen-bond donors (Lipinski definition) is 2. The minimum atomic E-state index is 0.242. The van der Waals surface area contributed by atoms with Gasteiger partial charge in [-0.05, 0) is 43.3 Å². The van der Waals surface area contributed by atoms with E-state index in [1.165, 1.54) is 18.4 Å². The van der Waals surface area contributed by atoms with Gasteiger partial charge in [0.25, 0.3) is 0 Å². The highest BCUT2D eigenvalue weighted by Crippen LogP contribution is 2.31. The van der Waals surface area contributed by atoms with Crippen LogP contribution in [0.1, 0.15) is 20.9 Å². The summed E-state index contributed by atoms with van der Waals surface area (Å²) in [4.78, 5) is 18.2. The lowest BCUT2D eigenvalue weighted by atomic mass is 10.2. The number of rotatable bonds is 7. The minimum absolute atomic E-state index is 0.242. The van der Waals surface area contributed by atoms with Crippen LogP contribution in [0.5, 0.6) is 0 Å². The van der Waals surface area contributed by atoms with Gasteiger partial charge in [-0.2, -0.15) is 5.26 Å². The summed E-state index contributed by atoms with van der Waals surface area (Å²) in [7, 11) is 1.47. The van der Waals surface area contributed by atoms with Crippen molar-refractivity contribution in [1.29, 1.82) is 5.26 Å². The van der Waals surface area contributed by atoms with E-state index in [4.69, 9.17) is 21.5 Å². The Labute approximate surface area is 155 Å². The van der Waals surface area contributed by atoms with Crippen LogP contribution in [0.25, 0.3) is 0 Å². The summed E-state index contributed by atoms with van der Waals surface area (Å²) in [5.74, 6) is 0.242. The lowest BCUT2D eigenvalue weighted by Crippen LogP contribution is -2.23. The molecule has 0 amide bonds. The molecule has 0 saturated carbocycles. The topological polar surface area (TPSA) is 118 Å². The smallest absolute Gasteiger partial charge is 0.191 e. The van der Waals surface area contributed by atoms with Crippen molar-refractivity contribution in [2.75, 3.05) is 18.6 Å². The van der Waals surface area contributed by atoms with E-state index < -0.39 is 0 Å². The van der Waals surface area contributed by atoms with Gasteiger partial charge in [-0.25, -0.2) is 4.98 Å². The van der Waals surface area contributed by atoms with E-state index in [-0.39, 0.29) is 5.88 Å². The number of carbonyl (C=O) groups is 1. The molecule has 0 atom stereocenters. The Hall–Kier alpha value is -3.31. The summed E-state index contributed by atoms with van der Waals surface area (Å²) in [5.41, 5.74) is 14.0. The van der Waals surface area contributed by atoms with Crippen molar-refractivity contribution < 1.29 is 9.53 Å². The highest BCUT2D eigenvalue weighted by atomic mass is 32.1. The Morgan fingerprint density at radius 1 is 1.35 bits per heavy atom. The molecular formula is C18H19N5O2S. The first-order valence-electron chi connectivity index (χ1n) is 7.64. The number of carbonyl (C=O) groups excluding carboxylic acids is 1. The summed E-state index contributed by atoms with van der Waals surface area (Å²) in [6.07, 6.45) is 3.94. The van der Waals surface area contributed by atoms with Crippen molar-refractivity contribution in [1.82, 2.24) is 4.98 Å². The van der Waals surface area contributed by atoms with Crippen LogP contribution in [0, 0.1) is 18.3 Å². The van der Waals surface area contributed by atoms with Crippen molar-refractivity contribution in [3.8, 4) is 6.07 Å². The summed E-state index contributed by atoms with van der Waals surface area (Å²) in [6.45, 7) is 2.16. The molecule has 2 rings (SSSR count). The van der Waals surface area contributed by atoms with E-state index in [1.807, 2.05) is 24.0 Å². The van der Waals surface area contributed by atoms with Gasteiger partial charge >= 0.3 is 0 Å². The molecule has 0 radical (unpaired) electrons. The molecule has 7 nitrogen and oxygen atoms in total. The van der Waals surface area contributed by atoms with E-state index in [0.29, 0.717) is 28.6 Å². The monoisotopic (exact) mass is 369 g/mol. The minimum Gasteiger partial charge on any atom is -0.483 e. The highest BCUT2D eigenvalue weighted by Gasteiger charge is 2.16. The van der Waals surface area contributed by atoms with Gasteiger partial charge in [0.15, 0.2) is 17.3 Å². The molecule has 8 heteroatoms. The Morgan fingerprint density at radius 3 is 2.58 bits per heavy atom. The van der Waals surface area contributed by atoms with Crippen LogP contribution in [-0.2, 0) is 4.74 Å². The molecule has 0 aliphatic heterocycles. The second-order valence-electron chi connectivity index (χ2n) is 5.32. The van der Waals surface area contributed by atoms with Crippen LogP contribution in [0.4, 0.5) is 10.8 Å².